The van der Waals surface area contributed by atoms with Gasteiger partial charge in [0.2, 0.25) is 5.95 Å². The number of rotatable bonds is 6. The molecule has 3 N–H and O–H groups in total. The van der Waals surface area contributed by atoms with Crippen molar-refractivity contribution in [2.75, 3.05) is 12.3 Å². The first-order valence-electron chi connectivity index (χ1n) is 9.16. The van der Waals surface area contributed by atoms with Crippen molar-refractivity contribution in [1.29, 1.82) is 0 Å². The molecular weight excluding hydrogens is 388 g/mol. The average molecular weight is 412 g/mol. The molecule has 0 aromatic carbocycles. The number of carbonyl (C=O) groups is 1. The number of nitrogens with zero attached hydrogens (tertiary/aromatic N) is 3. The summed E-state index contributed by atoms with van der Waals surface area (Å²) >= 11 is 0.977. The highest BCUT2D eigenvalue weighted by atomic mass is 32.1. The maximum Gasteiger partial charge on any atom is 0.508 e. The van der Waals surface area contributed by atoms with Crippen LogP contribution >= 0.6 is 11.3 Å². The maximum atomic E-state index is 12.7. The van der Waals surface area contributed by atoms with Crippen LogP contribution in [0.5, 0.6) is 0 Å². The highest BCUT2D eigenvalue weighted by Crippen LogP contribution is 2.40. The second kappa shape index (κ2) is 8.41. The number of anilines is 1. The highest BCUT2D eigenvalue weighted by molar-refractivity contribution is 7.16. The van der Waals surface area contributed by atoms with E-state index in [4.69, 9.17) is 19.9 Å². The summed E-state index contributed by atoms with van der Waals surface area (Å²) in [5, 5.41) is 10.3. The molecule has 10 nitrogen and oxygen atoms in total. The standard InChI is InChI=1S/C17H24N4O6S/c1-4-10(22)11-6-9(8(3)26-17(24)25-5-2)14(27-11)21-13-12(28-16(21)23)7-19-15(18)20-13/h7-11,14,22H,4-6H2,1-3H3,(H2,18,19,20)/t8-,9?,10+,11?,14-/m1/s1. The number of carbonyl (C=O) groups excluding carboxylic acids is 1. The number of hydrogen-bond acceptors (Lipinski definition) is 10. The van der Waals surface area contributed by atoms with Gasteiger partial charge in [0.25, 0.3) is 0 Å². The molecule has 0 saturated carbocycles. The Bertz CT molecular complexity index is 899. The van der Waals surface area contributed by atoms with Crippen molar-refractivity contribution < 1.29 is 24.1 Å². The zero-order valence-corrected chi connectivity index (χ0v) is 16.7. The summed E-state index contributed by atoms with van der Waals surface area (Å²) in [5.41, 5.74) is 6.05. The van der Waals surface area contributed by atoms with Crippen LogP contribution in [0.3, 0.4) is 0 Å². The molecule has 0 amide bonds. The van der Waals surface area contributed by atoms with Crippen LogP contribution in [0, 0.1) is 5.92 Å². The monoisotopic (exact) mass is 412 g/mol. The molecule has 154 valence electrons. The first kappa shape index (κ1) is 20.5. The van der Waals surface area contributed by atoms with Gasteiger partial charge in [-0.05, 0) is 26.7 Å². The van der Waals surface area contributed by atoms with Crippen LogP contribution in [0.1, 0.15) is 39.8 Å². The van der Waals surface area contributed by atoms with Crippen molar-refractivity contribution in [3.05, 3.63) is 15.9 Å². The van der Waals surface area contributed by atoms with E-state index in [0.717, 1.165) is 11.3 Å². The number of nitrogen functional groups attached to an aromatic ring is 1. The molecule has 3 rings (SSSR count). The molecule has 11 heteroatoms. The Morgan fingerprint density at radius 3 is 2.96 bits per heavy atom. The number of ether oxygens (including phenoxy) is 3. The Labute approximate surface area is 165 Å². The van der Waals surface area contributed by atoms with Crippen molar-refractivity contribution in [2.45, 2.75) is 58.2 Å². The fourth-order valence-electron chi connectivity index (χ4n) is 3.37. The molecule has 28 heavy (non-hydrogen) atoms. The van der Waals surface area contributed by atoms with Gasteiger partial charge >= 0.3 is 11.0 Å². The van der Waals surface area contributed by atoms with Gasteiger partial charge < -0.3 is 25.1 Å². The van der Waals surface area contributed by atoms with Crippen LogP contribution < -0.4 is 10.6 Å². The predicted molar refractivity (Wildman–Crippen MR) is 102 cm³/mol. The first-order valence-corrected chi connectivity index (χ1v) is 9.97. The minimum Gasteiger partial charge on any atom is -0.435 e. The zero-order valence-electron chi connectivity index (χ0n) is 15.9. The topological polar surface area (TPSA) is 139 Å². The number of aliphatic hydroxyl groups is 1. The molecule has 2 aromatic heterocycles. The van der Waals surface area contributed by atoms with Crippen LogP contribution in [-0.4, -0.2) is 50.7 Å². The van der Waals surface area contributed by atoms with Gasteiger partial charge in [0.15, 0.2) is 5.65 Å². The predicted octanol–water partition coefficient (Wildman–Crippen LogP) is 1.67. The summed E-state index contributed by atoms with van der Waals surface area (Å²) in [6.45, 7) is 5.43. The molecule has 2 aromatic rings. The van der Waals surface area contributed by atoms with E-state index in [-0.39, 0.29) is 23.3 Å². The lowest BCUT2D eigenvalue weighted by Crippen LogP contribution is -2.32. The minimum atomic E-state index is -0.790. The van der Waals surface area contributed by atoms with Crippen LogP contribution in [0.15, 0.2) is 11.0 Å². The van der Waals surface area contributed by atoms with Gasteiger partial charge in [0, 0.05) is 5.92 Å². The summed E-state index contributed by atoms with van der Waals surface area (Å²) in [4.78, 5) is 32.2. The fourth-order valence-corrected chi connectivity index (χ4v) is 4.19. The zero-order chi connectivity index (χ0) is 20.4. The van der Waals surface area contributed by atoms with Crippen molar-refractivity contribution in [3.63, 3.8) is 0 Å². The molecule has 0 aliphatic carbocycles. The Morgan fingerprint density at radius 1 is 1.54 bits per heavy atom. The number of fused-ring (bicyclic) bond motifs is 1. The van der Waals surface area contributed by atoms with Gasteiger partial charge in [-0.1, -0.05) is 18.3 Å². The van der Waals surface area contributed by atoms with Crippen molar-refractivity contribution in [3.8, 4) is 0 Å². The fraction of sp³-hybridized carbons (Fsp3) is 0.647. The van der Waals surface area contributed by atoms with Crippen molar-refractivity contribution in [2.24, 2.45) is 5.92 Å². The molecule has 2 unspecified atom stereocenters. The molecule has 0 bridgehead atoms. The Kier molecular flexibility index (Phi) is 6.16. The van der Waals surface area contributed by atoms with Gasteiger partial charge in [-0.2, -0.15) is 4.98 Å². The van der Waals surface area contributed by atoms with Crippen LogP contribution in [-0.2, 0) is 14.2 Å². The first-order chi connectivity index (χ1) is 13.3. The van der Waals surface area contributed by atoms with E-state index in [2.05, 4.69) is 9.97 Å². The van der Waals surface area contributed by atoms with E-state index in [1.807, 2.05) is 6.92 Å². The largest absolute Gasteiger partial charge is 0.508 e. The third kappa shape index (κ3) is 3.96. The molecule has 1 aliphatic rings. The summed E-state index contributed by atoms with van der Waals surface area (Å²) in [7, 11) is 0. The molecule has 5 atom stereocenters. The van der Waals surface area contributed by atoms with Crippen molar-refractivity contribution >= 4 is 33.8 Å². The average Bonchev–Trinajstić information content (AvgIpc) is 3.21. The lowest BCUT2D eigenvalue weighted by Gasteiger charge is -2.24. The maximum absolute atomic E-state index is 12.7. The number of aromatic nitrogens is 3. The molecule has 3 heterocycles. The van der Waals surface area contributed by atoms with Crippen LogP contribution in [0.2, 0.25) is 0 Å². The SMILES string of the molecule is CCOC(=O)O[C@H](C)C1CC([C@@H](O)CC)O[C@H]1n1c(=O)sc2cnc(N)nc21. The van der Waals surface area contributed by atoms with Gasteiger partial charge in [-0.3, -0.25) is 9.36 Å². The number of aliphatic hydroxyl groups excluding tert-OH is 1. The Morgan fingerprint density at radius 2 is 2.29 bits per heavy atom. The lowest BCUT2D eigenvalue weighted by molar-refractivity contribution is -0.0771. The molecule has 1 aliphatic heterocycles. The summed E-state index contributed by atoms with van der Waals surface area (Å²) < 4.78 is 18.2. The smallest absolute Gasteiger partial charge is 0.435 e. The van der Waals surface area contributed by atoms with E-state index >= 15 is 0 Å². The van der Waals surface area contributed by atoms with Crippen molar-refractivity contribution in [1.82, 2.24) is 14.5 Å². The number of nitrogens with two attached hydrogens (primary N) is 1. The Balaban J connectivity index is 1.98. The summed E-state index contributed by atoms with van der Waals surface area (Å²) in [6.07, 6.45) is -0.998. The summed E-state index contributed by atoms with van der Waals surface area (Å²) in [5.74, 6) is -0.350. The second-order valence-electron chi connectivity index (χ2n) is 6.60. The van der Waals surface area contributed by atoms with Crippen LogP contribution in [0.4, 0.5) is 10.7 Å². The normalized spacial score (nSPS) is 24.2. The highest BCUT2D eigenvalue weighted by Gasteiger charge is 2.44. The van der Waals surface area contributed by atoms with E-state index in [0.29, 0.717) is 23.2 Å². The van der Waals surface area contributed by atoms with E-state index in [9.17, 15) is 14.7 Å². The van der Waals surface area contributed by atoms with Gasteiger partial charge in [-0.15, -0.1) is 0 Å². The van der Waals surface area contributed by atoms with Gasteiger partial charge in [0.1, 0.15) is 12.3 Å². The lowest BCUT2D eigenvalue weighted by atomic mass is 9.95. The third-order valence-corrected chi connectivity index (χ3v) is 5.69. The number of thiazole rings is 1. The molecule has 1 fully saturated rings. The van der Waals surface area contributed by atoms with E-state index in [1.54, 1.807) is 13.8 Å². The molecule has 1 saturated heterocycles. The second-order valence-corrected chi connectivity index (χ2v) is 7.59. The molecule has 0 spiro atoms. The van der Waals surface area contributed by atoms with Gasteiger partial charge in [0.05, 0.1) is 29.7 Å². The minimum absolute atomic E-state index is 0.0366. The summed E-state index contributed by atoms with van der Waals surface area (Å²) in [6, 6.07) is 0. The molecular formula is C17H24N4O6S. The van der Waals surface area contributed by atoms with E-state index < -0.39 is 30.7 Å². The van der Waals surface area contributed by atoms with Crippen LogP contribution in [0.25, 0.3) is 10.3 Å². The van der Waals surface area contributed by atoms with E-state index in [1.165, 1.54) is 10.8 Å². The van der Waals surface area contributed by atoms with Gasteiger partial charge in [-0.25, -0.2) is 9.78 Å². The Hall–Kier alpha value is -2.24. The third-order valence-electron chi connectivity index (χ3n) is 4.81. The quantitative estimate of drug-likeness (QED) is 0.678. The molecule has 0 radical (unpaired) electrons. The number of hydrogen-bond donors (Lipinski definition) is 2.